The molecule has 28 heavy (non-hydrogen) atoms. The van der Waals surface area contributed by atoms with E-state index in [-0.39, 0.29) is 23.5 Å². The highest BCUT2D eigenvalue weighted by molar-refractivity contribution is 7.89. The molecule has 2 aromatic rings. The SMILES string of the molecule is Cc1cccc(C)c1OCC(=O)NCc1ccc(S(=O)(=O)N(C)C(C)C)cc1. The molecular weight excluding hydrogens is 376 g/mol. The average Bonchev–Trinajstić information content (AvgIpc) is 2.65. The van der Waals surface area contributed by atoms with Crippen molar-refractivity contribution in [3.05, 3.63) is 59.2 Å². The van der Waals surface area contributed by atoms with E-state index in [2.05, 4.69) is 5.32 Å². The van der Waals surface area contributed by atoms with Crippen LogP contribution in [0.3, 0.4) is 0 Å². The summed E-state index contributed by atoms with van der Waals surface area (Å²) in [6, 6.07) is 12.2. The van der Waals surface area contributed by atoms with E-state index in [9.17, 15) is 13.2 Å². The fourth-order valence-electron chi connectivity index (χ4n) is 2.64. The van der Waals surface area contributed by atoms with Gasteiger partial charge in [0.15, 0.2) is 6.61 Å². The average molecular weight is 405 g/mol. The van der Waals surface area contributed by atoms with Crippen LogP contribution >= 0.6 is 0 Å². The van der Waals surface area contributed by atoms with Crippen LogP contribution in [0, 0.1) is 13.8 Å². The number of amides is 1. The van der Waals surface area contributed by atoms with Crippen molar-refractivity contribution in [2.75, 3.05) is 13.7 Å². The summed E-state index contributed by atoms with van der Waals surface area (Å²) in [6.07, 6.45) is 0. The highest BCUT2D eigenvalue weighted by Crippen LogP contribution is 2.22. The van der Waals surface area contributed by atoms with Gasteiger partial charge < -0.3 is 10.1 Å². The fraction of sp³-hybridized carbons (Fsp3) is 0.381. The van der Waals surface area contributed by atoms with Gasteiger partial charge in [0.25, 0.3) is 5.91 Å². The Morgan fingerprint density at radius 3 is 2.18 bits per heavy atom. The molecule has 1 N–H and O–H groups in total. The van der Waals surface area contributed by atoms with Crippen LogP contribution in [0.4, 0.5) is 0 Å². The van der Waals surface area contributed by atoms with Crippen LogP contribution in [0.1, 0.15) is 30.5 Å². The zero-order valence-electron chi connectivity index (χ0n) is 17.0. The molecule has 1 amide bonds. The molecule has 0 fully saturated rings. The molecule has 0 aliphatic rings. The van der Waals surface area contributed by atoms with Crippen LogP contribution in [-0.4, -0.2) is 38.3 Å². The number of nitrogens with one attached hydrogen (secondary N) is 1. The lowest BCUT2D eigenvalue weighted by atomic mass is 10.1. The molecule has 0 unspecified atom stereocenters. The number of para-hydroxylation sites is 1. The van der Waals surface area contributed by atoms with Crippen LogP contribution in [0.15, 0.2) is 47.4 Å². The van der Waals surface area contributed by atoms with Crippen molar-refractivity contribution in [2.24, 2.45) is 0 Å². The van der Waals surface area contributed by atoms with Gasteiger partial charge in [0, 0.05) is 19.6 Å². The Hall–Kier alpha value is -2.38. The highest BCUT2D eigenvalue weighted by Gasteiger charge is 2.22. The van der Waals surface area contributed by atoms with Gasteiger partial charge in [0.2, 0.25) is 10.0 Å². The first-order chi connectivity index (χ1) is 13.1. The van der Waals surface area contributed by atoms with Crippen LogP contribution in [0.2, 0.25) is 0 Å². The summed E-state index contributed by atoms with van der Waals surface area (Å²) in [4.78, 5) is 12.3. The number of aryl methyl sites for hydroxylation is 2. The first kappa shape index (κ1) is 21.9. The van der Waals surface area contributed by atoms with Gasteiger partial charge in [-0.15, -0.1) is 0 Å². The van der Waals surface area contributed by atoms with Gasteiger partial charge in [-0.1, -0.05) is 30.3 Å². The largest absolute Gasteiger partial charge is 0.483 e. The second kappa shape index (κ2) is 9.21. The first-order valence-corrected chi connectivity index (χ1v) is 10.6. The molecule has 0 heterocycles. The van der Waals surface area contributed by atoms with Crippen LogP contribution < -0.4 is 10.1 Å². The first-order valence-electron chi connectivity index (χ1n) is 9.15. The Morgan fingerprint density at radius 2 is 1.64 bits per heavy atom. The minimum absolute atomic E-state index is 0.0721. The van der Waals surface area contributed by atoms with Crippen molar-refractivity contribution in [2.45, 2.75) is 45.2 Å². The minimum atomic E-state index is -3.51. The molecule has 2 aromatic carbocycles. The predicted octanol–water partition coefficient (Wildman–Crippen LogP) is 3.03. The zero-order valence-corrected chi connectivity index (χ0v) is 17.8. The van der Waals surface area contributed by atoms with Crippen LogP contribution in [-0.2, 0) is 21.4 Å². The van der Waals surface area contributed by atoms with E-state index in [1.807, 2.05) is 45.9 Å². The topological polar surface area (TPSA) is 75.7 Å². The van der Waals surface area contributed by atoms with Crippen molar-refractivity contribution in [3.63, 3.8) is 0 Å². The summed E-state index contributed by atoms with van der Waals surface area (Å²) in [7, 11) is -1.95. The highest BCUT2D eigenvalue weighted by atomic mass is 32.2. The molecule has 0 aliphatic carbocycles. The Bertz CT molecular complexity index is 902. The number of sulfonamides is 1. The van der Waals surface area contributed by atoms with Gasteiger partial charge in [-0.2, -0.15) is 4.31 Å². The maximum Gasteiger partial charge on any atom is 0.258 e. The molecule has 0 spiro atoms. The van der Waals surface area contributed by atoms with Gasteiger partial charge in [-0.05, 0) is 56.5 Å². The van der Waals surface area contributed by atoms with E-state index < -0.39 is 10.0 Å². The van der Waals surface area contributed by atoms with Gasteiger partial charge >= 0.3 is 0 Å². The van der Waals surface area contributed by atoms with E-state index in [4.69, 9.17) is 4.74 Å². The fourth-order valence-corrected chi connectivity index (χ4v) is 4.01. The van der Waals surface area contributed by atoms with Crippen molar-refractivity contribution >= 4 is 15.9 Å². The lowest BCUT2D eigenvalue weighted by molar-refractivity contribution is -0.123. The quantitative estimate of drug-likeness (QED) is 0.734. The zero-order chi connectivity index (χ0) is 20.9. The van der Waals surface area contributed by atoms with Gasteiger partial charge in [0.1, 0.15) is 5.75 Å². The monoisotopic (exact) mass is 404 g/mol. The van der Waals surface area contributed by atoms with E-state index in [0.29, 0.717) is 6.54 Å². The van der Waals surface area contributed by atoms with Crippen molar-refractivity contribution in [1.29, 1.82) is 0 Å². The third-order valence-corrected chi connectivity index (χ3v) is 6.62. The molecule has 152 valence electrons. The third-order valence-electron chi connectivity index (χ3n) is 4.57. The predicted molar refractivity (Wildman–Crippen MR) is 110 cm³/mol. The number of hydrogen-bond donors (Lipinski definition) is 1. The summed E-state index contributed by atoms with van der Waals surface area (Å²) < 4.78 is 31.9. The van der Waals surface area contributed by atoms with Crippen molar-refractivity contribution in [3.8, 4) is 5.75 Å². The molecule has 0 aromatic heterocycles. The van der Waals surface area contributed by atoms with E-state index in [1.165, 1.54) is 4.31 Å². The number of carbonyl (C=O) groups excluding carboxylic acids is 1. The molecule has 6 nitrogen and oxygen atoms in total. The van der Waals surface area contributed by atoms with Gasteiger partial charge in [-0.3, -0.25) is 4.79 Å². The maximum absolute atomic E-state index is 12.5. The summed E-state index contributed by atoms with van der Waals surface area (Å²) in [6.45, 7) is 7.75. The second-order valence-corrected chi connectivity index (χ2v) is 9.04. The molecule has 0 bridgehead atoms. The summed E-state index contributed by atoms with van der Waals surface area (Å²) in [5.74, 6) is 0.486. The molecule has 0 saturated heterocycles. The van der Waals surface area contributed by atoms with Crippen LogP contribution in [0.25, 0.3) is 0 Å². The molecule has 0 atom stereocenters. The van der Waals surface area contributed by atoms with E-state index in [1.54, 1.807) is 31.3 Å². The molecular formula is C21H28N2O4S. The molecule has 0 aliphatic heterocycles. The Labute approximate surface area is 167 Å². The van der Waals surface area contributed by atoms with Crippen molar-refractivity contribution in [1.82, 2.24) is 9.62 Å². The van der Waals surface area contributed by atoms with E-state index in [0.717, 1.165) is 22.4 Å². The molecule has 0 saturated carbocycles. The summed E-state index contributed by atoms with van der Waals surface area (Å²) in [5, 5.41) is 2.78. The minimum Gasteiger partial charge on any atom is -0.483 e. The lowest BCUT2D eigenvalue weighted by Gasteiger charge is -2.21. The number of carbonyl (C=O) groups is 1. The molecule has 2 rings (SSSR count). The molecule has 0 radical (unpaired) electrons. The Balaban J connectivity index is 1.92. The number of nitrogens with zero attached hydrogens (tertiary/aromatic N) is 1. The number of rotatable bonds is 8. The normalized spacial score (nSPS) is 11.7. The van der Waals surface area contributed by atoms with Crippen LogP contribution in [0.5, 0.6) is 5.75 Å². The lowest BCUT2D eigenvalue weighted by Crippen LogP contribution is -2.33. The third kappa shape index (κ3) is 5.33. The number of benzene rings is 2. The van der Waals surface area contributed by atoms with E-state index >= 15 is 0 Å². The maximum atomic E-state index is 12.5. The Morgan fingerprint density at radius 1 is 1.07 bits per heavy atom. The van der Waals surface area contributed by atoms with Gasteiger partial charge in [-0.25, -0.2) is 8.42 Å². The van der Waals surface area contributed by atoms with Crippen molar-refractivity contribution < 1.29 is 17.9 Å². The standard InChI is InChI=1S/C21H28N2O4S/c1-15(2)23(5)28(25,26)19-11-9-18(10-12-19)13-22-20(24)14-27-21-16(3)7-6-8-17(21)4/h6-12,15H,13-14H2,1-5H3,(H,22,24). The Kier molecular flexibility index (Phi) is 7.21. The summed E-state index contributed by atoms with van der Waals surface area (Å²) >= 11 is 0. The number of ether oxygens (including phenoxy) is 1. The number of hydrogen-bond acceptors (Lipinski definition) is 4. The second-order valence-electron chi connectivity index (χ2n) is 7.05. The summed E-state index contributed by atoms with van der Waals surface area (Å²) in [5.41, 5.74) is 2.78. The smallest absolute Gasteiger partial charge is 0.258 e. The van der Waals surface area contributed by atoms with Gasteiger partial charge in [0.05, 0.1) is 4.90 Å². The molecule has 7 heteroatoms.